The molecule has 1 rings (SSSR count). The van der Waals surface area contributed by atoms with Gasteiger partial charge in [0, 0.05) is 10.8 Å². The first-order valence-corrected chi connectivity index (χ1v) is 6.86. The minimum atomic E-state index is -0.173. The first kappa shape index (κ1) is 14.8. The van der Waals surface area contributed by atoms with Crippen LogP contribution in [0, 0.1) is 5.82 Å². The zero-order valence-electron chi connectivity index (χ0n) is 9.30. The maximum atomic E-state index is 12.2. The van der Waals surface area contributed by atoms with Gasteiger partial charge in [-0.1, -0.05) is 19.8 Å². The highest BCUT2D eigenvalue weighted by Crippen LogP contribution is 2.13. The fraction of sp³-hybridized carbons (Fsp3) is 0.500. The van der Waals surface area contributed by atoms with Crippen LogP contribution in [0.25, 0.3) is 0 Å². The molecule has 0 bridgehead atoms. The van der Waals surface area contributed by atoms with E-state index in [4.69, 9.17) is 11.6 Å². The van der Waals surface area contributed by atoms with E-state index in [2.05, 4.69) is 6.92 Å². The molecule has 0 saturated heterocycles. The summed E-state index contributed by atoms with van der Waals surface area (Å²) in [6.45, 7) is 2.17. The van der Waals surface area contributed by atoms with E-state index in [0.717, 1.165) is 10.8 Å². The van der Waals surface area contributed by atoms with Gasteiger partial charge in [-0.05, 0) is 36.9 Å². The summed E-state index contributed by atoms with van der Waals surface area (Å²) in [6.07, 6.45) is 5.70. The van der Waals surface area contributed by atoms with E-state index in [1.807, 2.05) is 6.26 Å². The second-order valence-electron chi connectivity index (χ2n) is 3.05. The van der Waals surface area contributed by atoms with E-state index in [1.165, 1.54) is 31.4 Å². The Hall–Kier alpha value is -0.210. The summed E-state index contributed by atoms with van der Waals surface area (Å²) < 4.78 is 12.2. The van der Waals surface area contributed by atoms with Crippen LogP contribution in [0.3, 0.4) is 0 Å². The molecule has 1 aromatic carbocycles. The van der Waals surface area contributed by atoms with E-state index in [9.17, 15) is 4.39 Å². The number of hydrogen-bond acceptors (Lipinski definition) is 1. The Kier molecular flexibility index (Phi) is 10.2. The smallest absolute Gasteiger partial charge is 0.123 e. The maximum Gasteiger partial charge on any atom is 0.123 e. The van der Waals surface area contributed by atoms with Crippen molar-refractivity contribution in [1.29, 1.82) is 0 Å². The summed E-state index contributed by atoms with van der Waals surface area (Å²) in [5.41, 5.74) is 0. The van der Waals surface area contributed by atoms with Crippen molar-refractivity contribution < 1.29 is 4.39 Å². The molecule has 0 spiro atoms. The lowest BCUT2D eigenvalue weighted by molar-refractivity contribution is 0.626. The molecule has 0 saturated carbocycles. The third kappa shape index (κ3) is 8.76. The lowest BCUT2D eigenvalue weighted by atomic mass is 10.3. The third-order valence-corrected chi connectivity index (χ3v) is 2.80. The molecule has 0 nitrogen and oxygen atoms in total. The topological polar surface area (TPSA) is 0 Å². The van der Waals surface area contributed by atoms with Crippen molar-refractivity contribution in [3.8, 4) is 0 Å². The molecule has 0 amide bonds. The first-order chi connectivity index (χ1) is 7.24. The van der Waals surface area contributed by atoms with Crippen molar-refractivity contribution in [2.75, 3.05) is 12.1 Å². The summed E-state index contributed by atoms with van der Waals surface area (Å²) in [4.78, 5) is 1.09. The molecule has 0 atom stereocenters. The van der Waals surface area contributed by atoms with Gasteiger partial charge in [-0.15, -0.1) is 23.4 Å². The van der Waals surface area contributed by atoms with Gasteiger partial charge in [0.1, 0.15) is 5.82 Å². The van der Waals surface area contributed by atoms with Crippen LogP contribution in [0.2, 0.25) is 0 Å². The number of hydrogen-bond donors (Lipinski definition) is 0. The number of benzene rings is 1. The molecule has 0 radical (unpaired) electrons. The van der Waals surface area contributed by atoms with E-state index in [1.54, 1.807) is 23.9 Å². The van der Waals surface area contributed by atoms with Gasteiger partial charge in [-0.2, -0.15) is 0 Å². The molecule has 0 N–H and O–H groups in total. The van der Waals surface area contributed by atoms with Gasteiger partial charge in [0.05, 0.1) is 0 Å². The van der Waals surface area contributed by atoms with E-state index < -0.39 is 0 Å². The fourth-order valence-corrected chi connectivity index (χ4v) is 1.51. The standard InChI is InChI=1S/C7H7FS.C5H11Cl/c1-9-7-4-2-6(8)3-5-7;1-2-3-4-5-6/h2-5H,1H3;2-5H2,1H3. The zero-order chi connectivity index (χ0) is 11.5. The molecule has 0 fully saturated rings. The van der Waals surface area contributed by atoms with Crippen LogP contribution in [0.5, 0.6) is 0 Å². The minimum Gasteiger partial charge on any atom is -0.207 e. The molecule has 0 unspecified atom stereocenters. The molecule has 0 aliphatic carbocycles. The summed E-state index contributed by atoms with van der Waals surface area (Å²) in [6, 6.07) is 6.46. The number of thioether (sulfide) groups is 1. The Labute approximate surface area is 101 Å². The monoisotopic (exact) mass is 248 g/mol. The highest BCUT2D eigenvalue weighted by atomic mass is 35.5. The largest absolute Gasteiger partial charge is 0.207 e. The summed E-state index contributed by atoms with van der Waals surface area (Å²) in [5.74, 6) is 0.654. The van der Waals surface area contributed by atoms with Crippen molar-refractivity contribution in [3.05, 3.63) is 30.1 Å². The second-order valence-corrected chi connectivity index (χ2v) is 4.31. The average Bonchev–Trinajstić information content (AvgIpc) is 2.28. The van der Waals surface area contributed by atoms with Crippen LogP contribution < -0.4 is 0 Å². The molecule has 0 aliphatic heterocycles. The minimum absolute atomic E-state index is 0.173. The zero-order valence-corrected chi connectivity index (χ0v) is 10.9. The SMILES string of the molecule is CCCCCCl.CSc1ccc(F)cc1. The van der Waals surface area contributed by atoms with Gasteiger partial charge < -0.3 is 0 Å². The van der Waals surface area contributed by atoms with Gasteiger partial charge in [-0.25, -0.2) is 4.39 Å². The van der Waals surface area contributed by atoms with Gasteiger partial charge in [0.2, 0.25) is 0 Å². The number of unbranched alkanes of at least 4 members (excludes halogenated alkanes) is 2. The van der Waals surface area contributed by atoms with E-state index in [-0.39, 0.29) is 5.82 Å². The Morgan fingerprint density at radius 3 is 2.13 bits per heavy atom. The molecule has 0 aromatic heterocycles. The Morgan fingerprint density at radius 2 is 1.80 bits per heavy atom. The van der Waals surface area contributed by atoms with Crippen LogP contribution in [-0.2, 0) is 0 Å². The second kappa shape index (κ2) is 10.3. The fourth-order valence-electron chi connectivity index (χ4n) is 0.915. The molecule has 15 heavy (non-hydrogen) atoms. The normalized spacial score (nSPS) is 9.33. The van der Waals surface area contributed by atoms with Crippen molar-refractivity contribution in [2.45, 2.75) is 31.1 Å². The Morgan fingerprint density at radius 1 is 1.20 bits per heavy atom. The highest BCUT2D eigenvalue weighted by Gasteiger charge is 1.88. The lowest BCUT2D eigenvalue weighted by Crippen LogP contribution is -1.71. The predicted molar refractivity (Wildman–Crippen MR) is 68.4 cm³/mol. The van der Waals surface area contributed by atoms with Crippen LogP contribution in [0.4, 0.5) is 4.39 Å². The van der Waals surface area contributed by atoms with Crippen LogP contribution in [0.15, 0.2) is 29.2 Å². The third-order valence-electron chi connectivity index (χ3n) is 1.79. The molecule has 0 aliphatic rings. The molecule has 0 heterocycles. The van der Waals surface area contributed by atoms with Crippen molar-refractivity contribution in [2.24, 2.45) is 0 Å². The predicted octanol–water partition coefficient (Wildman–Crippen LogP) is 4.96. The molecule has 86 valence electrons. The lowest BCUT2D eigenvalue weighted by Gasteiger charge is -1.91. The van der Waals surface area contributed by atoms with E-state index in [0.29, 0.717) is 0 Å². The summed E-state index contributed by atoms with van der Waals surface area (Å²) in [7, 11) is 0. The number of halogens is 2. The maximum absolute atomic E-state index is 12.2. The first-order valence-electron chi connectivity index (χ1n) is 5.10. The summed E-state index contributed by atoms with van der Waals surface area (Å²) in [5, 5.41) is 0. The Bertz CT molecular complexity index is 232. The van der Waals surface area contributed by atoms with Crippen LogP contribution >= 0.6 is 23.4 Å². The highest BCUT2D eigenvalue weighted by molar-refractivity contribution is 7.98. The van der Waals surface area contributed by atoms with Gasteiger partial charge in [0.15, 0.2) is 0 Å². The van der Waals surface area contributed by atoms with Crippen molar-refractivity contribution in [1.82, 2.24) is 0 Å². The van der Waals surface area contributed by atoms with Gasteiger partial charge in [0.25, 0.3) is 0 Å². The molecular formula is C12H18ClFS. The average molecular weight is 249 g/mol. The van der Waals surface area contributed by atoms with Crippen LogP contribution in [0.1, 0.15) is 26.2 Å². The quantitative estimate of drug-likeness (QED) is 0.412. The van der Waals surface area contributed by atoms with Gasteiger partial charge in [-0.3, -0.25) is 0 Å². The summed E-state index contributed by atoms with van der Waals surface area (Å²) >= 11 is 6.99. The van der Waals surface area contributed by atoms with Crippen molar-refractivity contribution >= 4 is 23.4 Å². The Balaban J connectivity index is 0.000000288. The number of alkyl halides is 1. The molecule has 3 heteroatoms. The van der Waals surface area contributed by atoms with Crippen LogP contribution in [-0.4, -0.2) is 12.1 Å². The molecular weight excluding hydrogens is 231 g/mol. The molecule has 1 aromatic rings. The van der Waals surface area contributed by atoms with Gasteiger partial charge >= 0.3 is 0 Å². The number of rotatable bonds is 4. The van der Waals surface area contributed by atoms with E-state index >= 15 is 0 Å². The van der Waals surface area contributed by atoms with Crippen molar-refractivity contribution in [3.63, 3.8) is 0 Å².